The van der Waals surface area contributed by atoms with Crippen molar-refractivity contribution in [2.45, 2.75) is 25.3 Å². The first-order valence-electron chi connectivity index (χ1n) is 4.73. The number of hydrazine groups is 1. The third kappa shape index (κ3) is 1.97. The molecule has 1 aromatic rings. The van der Waals surface area contributed by atoms with Gasteiger partial charge in [-0.25, -0.2) is 4.68 Å². The summed E-state index contributed by atoms with van der Waals surface area (Å²) < 4.78 is 2.54. The Hall–Kier alpha value is -0.460. The summed E-state index contributed by atoms with van der Waals surface area (Å²) in [5.41, 5.74) is 3.85. The van der Waals surface area contributed by atoms with E-state index in [0.29, 0.717) is 0 Å². The van der Waals surface area contributed by atoms with Crippen LogP contribution in [0.1, 0.15) is 31.0 Å². The van der Waals surface area contributed by atoms with Crippen molar-refractivity contribution >= 4 is 15.9 Å². The fourth-order valence-corrected chi connectivity index (χ4v) is 2.26. The zero-order valence-electron chi connectivity index (χ0n) is 8.07. The first-order valence-corrected chi connectivity index (χ1v) is 5.53. The Labute approximate surface area is 91.1 Å². The minimum Gasteiger partial charge on any atom is -0.271 e. The molecule has 0 saturated heterocycles. The first kappa shape index (κ1) is 10.1. The van der Waals surface area contributed by atoms with Crippen molar-refractivity contribution < 1.29 is 0 Å². The molecule has 1 saturated carbocycles. The van der Waals surface area contributed by atoms with Crippen LogP contribution in [0.25, 0.3) is 0 Å². The van der Waals surface area contributed by atoms with E-state index in [9.17, 15) is 0 Å². The van der Waals surface area contributed by atoms with Crippen LogP contribution in [0.5, 0.6) is 0 Å². The van der Waals surface area contributed by atoms with Crippen LogP contribution in [0.4, 0.5) is 0 Å². The van der Waals surface area contributed by atoms with Gasteiger partial charge < -0.3 is 0 Å². The van der Waals surface area contributed by atoms with Crippen LogP contribution in [0, 0.1) is 5.92 Å². The van der Waals surface area contributed by atoms with E-state index in [-0.39, 0.29) is 6.04 Å². The van der Waals surface area contributed by atoms with Crippen molar-refractivity contribution in [3.05, 3.63) is 10.3 Å². The van der Waals surface area contributed by atoms with Gasteiger partial charge in [-0.05, 0) is 28.3 Å². The Morgan fingerprint density at radius 3 is 2.86 bits per heavy atom. The SMILES string of the molecule is Cn1nnc(Br)c1C(CC1CC1)NN. The van der Waals surface area contributed by atoms with Crippen LogP contribution < -0.4 is 11.3 Å². The molecule has 1 unspecified atom stereocenters. The fraction of sp³-hybridized carbons (Fsp3) is 0.750. The standard InChI is InChI=1S/C8H14BrN5/c1-14-7(8(9)12-13-14)6(11-10)4-5-2-3-5/h5-6,11H,2-4,10H2,1H3. The molecule has 1 heterocycles. The normalized spacial score (nSPS) is 18.5. The minimum atomic E-state index is 0.150. The minimum absolute atomic E-state index is 0.150. The van der Waals surface area contributed by atoms with Crippen LogP contribution in [-0.2, 0) is 7.05 Å². The number of aryl methyl sites for hydroxylation is 1. The molecule has 2 rings (SSSR count). The van der Waals surface area contributed by atoms with E-state index in [2.05, 4.69) is 31.7 Å². The zero-order chi connectivity index (χ0) is 10.1. The summed E-state index contributed by atoms with van der Waals surface area (Å²) in [6.45, 7) is 0. The highest BCUT2D eigenvalue weighted by Gasteiger charge is 2.28. The second kappa shape index (κ2) is 3.96. The van der Waals surface area contributed by atoms with Gasteiger partial charge in [0, 0.05) is 7.05 Å². The first-order chi connectivity index (χ1) is 6.72. The van der Waals surface area contributed by atoms with E-state index >= 15 is 0 Å². The monoisotopic (exact) mass is 259 g/mol. The van der Waals surface area contributed by atoms with Gasteiger partial charge >= 0.3 is 0 Å². The van der Waals surface area contributed by atoms with Crippen LogP contribution >= 0.6 is 15.9 Å². The van der Waals surface area contributed by atoms with Crippen molar-refractivity contribution in [2.24, 2.45) is 18.8 Å². The highest BCUT2D eigenvalue weighted by molar-refractivity contribution is 9.10. The lowest BCUT2D eigenvalue weighted by molar-refractivity contribution is 0.455. The maximum Gasteiger partial charge on any atom is 0.153 e. The lowest BCUT2D eigenvalue weighted by Crippen LogP contribution is -2.30. The molecule has 1 aliphatic rings. The second-order valence-corrected chi connectivity index (χ2v) is 4.54. The molecule has 14 heavy (non-hydrogen) atoms. The van der Waals surface area contributed by atoms with Gasteiger partial charge in [0.05, 0.1) is 11.7 Å². The van der Waals surface area contributed by atoms with Gasteiger partial charge in [0.15, 0.2) is 4.60 Å². The molecular formula is C8H14BrN5. The molecule has 78 valence electrons. The van der Waals surface area contributed by atoms with Crippen molar-refractivity contribution in [3.8, 4) is 0 Å². The molecule has 0 aliphatic heterocycles. The number of hydrogen-bond acceptors (Lipinski definition) is 4. The Morgan fingerprint density at radius 1 is 1.71 bits per heavy atom. The molecule has 5 nitrogen and oxygen atoms in total. The van der Waals surface area contributed by atoms with E-state index in [1.165, 1.54) is 12.8 Å². The largest absolute Gasteiger partial charge is 0.271 e. The number of nitrogens with two attached hydrogens (primary N) is 1. The van der Waals surface area contributed by atoms with Crippen LogP contribution in [0.2, 0.25) is 0 Å². The number of halogens is 1. The maximum absolute atomic E-state index is 5.54. The number of aromatic nitrogens is 3. The summed E-state index contributed by atoms with van der Waals surface area (Å²) in [7, 11) is 1.88. The molecule has 0 bridgehead atoms. The van der Waals surface area contributed by atoms with Crippen LogP contribution in [0.3, 0.4) is 0 Å². The topological polar surface area (TPSA) is 68.8 Å². The molecule has 0 spiro atoms. The number of nitrogens with zero attached hydrogens (tertiary/aromatic N) is 3. The molecule has 1 fully saturated rings. The molecule has 6 heteroatoms. The third-order valence-electron chi connectivity index (χ3n) is 2.62. The van der Waals surface area contributed by atoms with Gasteiger partial charge in [0.1, 0.15) is 0 Å². The summed E-state index contributed by atoms with van der Waals surface area (Å²) in [4.78, 5) is 0. The lowest BCUT2D eigenvalue weighted by atomic mass is 10.1. The van der Waals surface area contributed by atoms with Gasteiger partial charge in [-0.15, -0.1) is 5.10 Å². The van der Waals surface area contributed by atoms with Crippen molar-refractivity contribution in [3.63, 3.8) is 0 Å². The summed E-state index contributed by atoms with van der Waals surface area (Å²) >= 11 is 3.38. The highest BCUT2D eigenvalue weighted by atomic mass is 79.9. The van der Waals surface area contributed by atoms with Gasteiger partial charge in [0.25, 0.3) is 0 Å². The van der Waals surface area contributed by atoms with Gasteiger partial charge in [-0.1, -0.05) is 18.1 Å². The summed E-state index contributed by atoms with van der Waals surface area (Å²) in [5, 5.41) is 7.88. The fourth-order valence-electron chi connectivity index (χ4n) is 1.65. The summed E-state index contributed by atoms with van der Waals surface area (Å²) in [6.07, 6.45) is 3.71. The van der Waals surface area contributed by atoms with Crippen molar-refractivity contribution in [2.75, 3.05) is 0 Å². The van der Waals surface area contributed by atoms with Gasteiger partial charge in [-0.3, -0.25) is 11.3 Å². The number of rotatable bonds is 4. The molecule has 0 aromatic carbocycles. The predicted octanol–water partition coefficient (Wildman–Crippen LogP) is 0.882. The summed E-state index contributed by atoms with van der Waals surface area (Å²) in [6, 6.07) is 0.150. The zero-order valence-corrected chi connectivity index (χ0v) is 9.66. The number of hydrogen-bond donors (Lipinski definition) is 2. The molecular weight excluding hydrogens is 246 g/mol. The third-order valence-corrected chi connectivity index (χ3v) is 3.19. The average Bonchev–Trinajstić information content (AvgIpc) is 2.92. The van der Waals surface area contributed by atoms with Crippen LogP contribution in [-0.4, -0.2) is 15.0 Å². The molecule has 0 radical (unpaired) electrons. The predicted molar refractivity (Wildman–Crippen MR) is 56.1 cm³/mol. The summed E-state index contributed by atoms with van der Waals surface area (Å²) in [5.74, 6) is 6.36. The molecule has 1 atom stereocenters. The van der Waals surface area contributed by atoms with E-state index < -0.39 is 0 Å². The average molecular weight is 260 g/mol. The maximum atomic E-state index is 5.54. The molecule has 0 amide bonds. The Morgan fingerprint density at radius 2 is 2.43 bits per heavy atom. The van der Waals surface area contributed by atoms with Crippen molar-refractivity contribution in [1.29, 1.82) is 0 Å². The van der Waals surface area contributed by atoms with E-state index in [0.717, 1.165) is 22.6 Å². The molecule has 1 aliphatic carbocycles. The molecule has 3 N–H and O–H groups in total. The van der Waals surface area contributed by atoms with Gasteiger partial charge in [-0.2, -0.15) is 0 Å². The second-order valence-electron chi connectivity index (χ2n) is 3.79. The Bertz CT molecular complexity index is 300. The highest BCUT2D eigenvalue weighted by Crippen LogP contribution is 2.38. The van der Waals surface area contributed by atoms with E-state index in [1.807, 2.05) is 7.05 Å². The van der Waals surface area contributed by atoms with Crippen molar-refractivity contribution in [1.82, 2.24) is 20.4 Å². The Kier molecular flexibility index (Phi) is 2.85. The van der Waals surface area contributed by atoms with Gasteiger partial charge in [0.2, 0.25) is 0 Å². The smallest absolute Gasteiger partial charge is 0.153 e. The lowest BCUT2D eigenvalue weighted by Gasteiger charge is -2.15. The Balaban J connectivity index is 2.16. The van der Waals surface area contributed by atoms with Crippen LogP contribution in [0.15, 0.2) is 4.60 Å². The van der Waals surface area contributed by atoms with E-state index in [1.54, 1.807) is 4.68 Å². The van der Waals surface area contributed by atoms with E-state index in [4.69, 9.17) is 5.84 Å². The molecule has 1 aromatic heterocycles. The quantitative estimate of drug-likeness (QED) is 0.623. The number of nitrogens with one attached hydrogen (secondary N) is 1.